The summed E-state index contributed by atoms with van der Waals surface area (Å²) in [6.07, 6.45) is 5.54. The summed E-state index contributed by atoms with van der Waals surface area (Å²) in [5.41, 5.74) is 0.102. The summed E-state index contributed by atoms with van der Waals surface area (Å²) in [7, 11) is 1.82. The molecule has 4 rings (SSSR count). The van der Waals surface area contributed by atoms with Crippen LogP contribution in [0.2, 0.25) is 0 Å². The van der Waals surface area contributed by atoms with E-state index in [-0.39, 0.29) is 5.60 Å². The van der Waals surface area contributed by atoms with Crippen molar-refractivity contribution >= 4 is 5.78 Å². The fourth-order valence-corrected chi connectivity index (χ4v) is 3.93. The smallest absolute Gasteiger partial charge is 0.139 e. The molecule has 72 valence electrons. The van der Waals surface area contributed by atoms with Gasteiger partial charge in [0.2, 0.25) is 0 Å². The van der Waals surface area contributed by atoms with Gasteiger partial charge in [0.15, 0.2) is 0 Å². The van der Waals surface area contributed by atoms with E-state index in [0.29, 0.717) is 17.6 Å². The van der Waals surface area contributed by atoms with Gasteiger partial charge in [0.05, 0.1) is 5.60 Å². The Hall–Kier alpha value is -0.370. The molecule has 4 atom stereocenters. The number of carbonyl (C=O) groups excluding carboxylic acids is 1. The van der Waals surface area contributed by atoms with Crippen LogP contribution in [0.1, 0.15) is 32.1 Å². The maximum atomic E-state index is 11.8. The van der Waals surface area contributed by atoms with E-state index in [1.165, 1.54) is 6.42 Å². The normalized spacial score (nSPS) is 53.0. The summed E-state index contributed by atoms with van der Waals surface area (Å²) >= 11 is 0. The standard InChI is InChI=1S/C11H16O2/c1-13-11-4-7-2-8(5-11)10(12)9(3-7)6-11/h7-9H,2-6H2,1H3/t7?,8-,9+,11?. The van der Waals surface area contributed by atoms with Gasteiger partial charge in [-0.05, 0) is 38.0 Å². The number of ketones is 1. The molecular formula is C11H16O2. The second-order valence-electron chi connectivity index (χ2n) is 5.13. The van der Waals surface area contributed by atoms with E-state index in [4.69, 9.17) is 4.74 Å². The summed E-state index contributed by atoms with van der Waals surface area (Å²) in [6.45, 7) is 0. The maximum Gasteiger partial charge on any atom is 0.139 e. The van der Waals surface area contributed by atoms with Crippen LogP contribution >= 0.6 is 0 Å². The third kappa shape index (κ3) is 0.954. The zero-order chi connectivity index (χ0) is 9.05. The Kier molecular flexibility index (Phi) is 1.44. The Morgan fingerprint density at radius 1 is 1.23 bits per heavy atom. The molecule has 0 radical (unpaired) electrons. The average molecular weight is 180 g/mol. The molecule has 2 heteroatoms. The van der Waals surface area contributed by atoms with Crippen LogP contribution < -0.4 is 0 Å². The molecule has 4 bridgehead atoms. The van der Waals surface area contributed by atoms with E-state index < -0.39 is 0 Å². The van der Waals surface area contributed by atoms with E-state index >= 15 is 0 Å². The first-order chi connectivity index (χ1) is 6.22. The molecule has 0 aromatic carbocycles. The van der Waals surface area contributed by atoms with Crippen LogP contribution in [0.4, 0.5) is 0 Å². The predicted octanol–water partition coefficient (Wildman–Crippen LogP) is 1.78. The van der Waals surface area contributed by atoms with Crippen LogP contribution in [-0.4, -0.2) is 18.5 Å². The van der Waals surface area contributed by atoms with Gasteiger partial charge in [-0.1, -0.05) is 0 Å². The molecule has 0 aliphatic heterocycles. The summed E-state index contributed by atoms with van der Waals surface area (Å²) in [5.74, 6) is 2.04. The zero-order valence-corrected chi connectivity index (χ0v) is 8.08. The molecule has 0 N–H and O–H groups in total. The topological polar surface area (TPSA) is 26.3 Å². The van der Waals surface area contributed by atoms with Gasteiger partial charge in [-0.25, -0.2) is 0 Å². The second-order valence-corrected chi connectivity index (χ2v) is 5.13. The Morgan fingerprint density at radius 2 is 1.85 bits per heavy atom. The van der Waals surface area contributed by atoms with E-state index in [1.807, 2.05) is 7.11 Å². The Morgan fingerprint density at radius 3 is 2.38 bits per heavy atom. The van der Waals surface area contributed by atoms with Crippen LogP contribution in [-0.2, 0) is 9.53 Å². The molecule has 0 amide bonds. The van der Waals surface area contributed by atoms with E-state index in [2.05, 4.69) is 0 Å². The maximum absolute atomic E-state index is 11.8. The lowest BCUT2D eigenvalue weighted by molar-refractivity contribution is -0.168. The zero-order valence-electron chi connectivity index (χ0n) is 8.08. The van der Waals surface area contributed by atoms with Gasteiger partial charge < -0.3 is 4.74 Å². The van der Waals surface area contributed by atoms with Crippen LogP contribution in [0.5, 0.6) is 0 Å². The van der Waals surface area contributed by atoms with Crippen molar-refractivity contribution in [1.29, 1.82) is 0 Å². The quantitative estimate of drug-likeness (QED) is 0.615. The van der Waals surface area contributed by atoms with Crippen LogP contribution in [0.3, 0.4) is 0 Å². The monoisotopic (exact) mass is 180 g/mol. The molecule has 0 saturated heterocycles. The van der Waals surface area contributed by atoms with Crippen molar-refractivity contribution < 1.29 is 9.53 Å². The van der Waals surface area contributed by atoms with Crippen molar-refractivity contribution in [2.45, 2.75) is 37.7 Å². The largest absolute Gasteiger partial charge is 0.378 e. The first-order valence-corrected chi connectivity index (χ1v) is 5.31. The number of Topliss-reactive ketones (excluding diaryl/α,β-unsaturated/α-hetero) is 1. The Labute approximate surface area is 78.6 Å². The molecule has 0 aromatic heterocycles. The van der Waals surface area contributed by atoms with Gasteiger partial charge >= 0.3 is 0 Å². The van der Waals surface area contributed by atoms with Crippen molar-refractivity contribution in [2.24, 2.45) is 17.8 Å². The SMILES string of the molecule is COC12CC3C[C@H](C1)C(=O)[C@@H](C3)C2. The van der Waals surface area contributed by atoms with Crippen molar-refractivity contribution in [2.75, 3.05) is 7.11 Å². The molecule has 4 fully saturated rings. The fourth-order valence-electron chi connectivity index (χ4n) is 3.93. The highest BCUT2D eigenvalue weighted by molar-refractivity contribution is 5.85. The summed E-state index contributed by atoms with van der Waals surface area (Å²) in [4.78, 5) is 11.8. The van der Waals surface area contributed by atoms with Crippen LogP contribution in [0, 0.1) is 17.8 Å². The number of methoxy groups -OCH3 is 1. The van der Waals surface area contributed by atoms with E-state index in [1.54, 1.807) is 0 Å². The van der Waals surface area contributed by atoms with E-state index in [0.717, 1.165) is 31.6 Å². The highest BCUT2D eigenvalue weighted by Gasteiger charge is 2.55. The van der Waals surface area contributed by atoms with Gasteiger partial charge in [0.1, 0.15) is 5.78 Å². The number of rotatable bonds is 1. The number of hydrogen-bond donors (Lipinski definition) is 0. The van der Waals surface area contributed by atoms with Gasteiger partial charge in [-0.2, -0.15) is 0 Å². The molecule has 0 spiro atoms. The minimum atomic E-state index is 0.102. The van der Waals surface area contributed by atoms with Crippen molar-refractivity contribution in [3.8, 4) is 0 Å². The summed E-state index contributed by atoms with van der Waals surface area (Å²) in [5, 5.41) is 0. The first kappa shape index (κ1) is 7.98. The van der Waals surface area contributed by atoms with Crippen molar-refractivity contribution in [3.05, 3.63) is 0 Å². The van der Waals surface area contributed by atoms with Gasteiger partial charge in [0, 0.05) is 18.9 Å². The highest BCUT2D eigenvalue weighted by Crippen LogP contribution is 2.55. The molecule has 2 nitrogen and oxygen atoms in total. The molecular weight excluding hydrogens is 164 g/mol. The molecule has 13 heavy (non-hydrogen) atoms. The fraction of sp³-hybridized carbons (Fsp3) is 0.909. The number of hydrogen-bond acceptors (Lipinski definition) is 2. The molecule has 4 aliphatic carbocycles. The highest BCUT2D eigenvalue weighted by atomic mass is 16.5. The van der Waals surface area contributed by atoms with Crippen molar-refractivity contribution in [1.82, 2.24) is 0 Å². The summed E-state index contributed by atoms with van der Waals surface area (Å²) in [6, 6.07) is 0. The molecule has 4 aliphatic rings. The number of carbonyl (C=O) groups is 1. The van der Waals surface area contributed by atoms with Gasteiger partial charge in [-0.3, -0.25) is 4.79 Å². The van der Waals surface area contributed by atoms with E-state index in [9.17, 15) is 4.79 Å². The van der Waals surface area contributed by atoms with Gasteiger partial charge in [0.25, 0.3) is 0 Å². The lowest BCUT2D eigenvalue weighted by Crippen LogP contribution is -2.55. The minimum Gasteiger partial charge on any atom is -0.378 e. The predicted molar refractivity (Wildman–Crippen MR) is 48.3 cm³/mol. The second kappa shape index (κ2) is 2.35. The molecule has 4 saturated carbocycles. The number of ether oxygens (including phenoxy) is 1. The van der Waals surface area contributed by atoms with Gasteiger partial charge in [-0.15, -0.1) is 0 Å². The van der Waals surface area contributed by atoms with Crippen molar-refractivity contribution in [3.63, 3.8) is 0 Å². The lowest BCUT2D eigenvalue weighted by Gasteiger charge is -2.54. The first-order valence-electron chi connectivity index (χ1n) is 5.31. The molecule has 2 unspecified atom stereocenters. The van der Waals surface area contributed by atoms with Crippen LogP contribution in [0.15, 0.2) is 0 Å². The van der Waals surface area contributed by atoms with Crippen LogP contribution in [0.25, 0.3) is 0 Å². The average Bonchev–Trinajstić information content (AvgIpc) is 2.13. The molecule has 0 aromatic rings. The Balaban J connectivity index is 1.96. The minimum absolute atomic E-state index is 0.102. The third-order valence-electron chi connectivity index (χ3n) is 4.37. The molecule has 0 heterocycles. The third-order valence-corrected chi connectivity index (χ3v) is 4.37. The summed E-state index contributed by atoms with van der Waals surface area (Å²) < 4.78 is 5.65. The lowest BCUT2D eigenvalue weighted by atomic mass is 9.53. The Bertz CT molecular complexity index is 241.